The number of methoxy groups -OCH3 is 1. The SMILES string of the molecule is CC1C2C=CC(C2)C1C(N)=O.COc1ncccc1-c1nc2ncc(Cl)c(C)c2[nH]1. The fourth-order valence-corrected chi connectivity index (χ4v) is 4.60. The summed E-state index contributed by atoms with van der Waals surface area (Å²) in [6.45, 7) is 4.05. The summed E-state index contributed by atoms with van der Waals surface area (Å²) in [7, 11) is 1.58. The minimum absolute atomic E-state index is 0.116. The summed E-state index contributed by atoms with van der Waals surface area (Å²) in [6, 6.07) is 3.72. The first-order valence-corrected chi connectivity index (χ1v) is 10.3. The smallest absolute Gasteiger partial charge is 0.224 e. The summed E-state index contributed by atoms with van der Waals surface area (Å²) in [4.78, 5) is 27.0. The van der Waals surface area contributed by atoms with Crippen molar-refractivity contribution in [2.24, 2.45) is 29.4 Å². The van der Waals surface area contributed by atoms with Gasteiger partial charge in [-0.2, -0.15) is 0 Å². The number of pyridine rings is 2. The Kier molecular flexibility index (Phi) is 5.47. The Labute approximate surface area is 179 Å². The first-order chi connectivity index (χ1) is 14.4. The molecule has 8 heteroatoms. The average Bonchev–Trinajstić information content (AvgIpc) is 3.45. The maximum Gasteiger partial charge on any atom is 0.224 e. The number of primary amides is 1. The van der Waals surface area contributed by atoms with Crippen LogP contribution in [-0.4, -0.2) is 33.0 Å². The summed E-state index contributed by atoms with van der Waals surface area (Å²) >= 11 is 6.05. The third kappa shape index (κ3) is 3.54. The third-order valence-electron chi connectivity index (χ3n) is 6.12. The van der Waals surface area contributed by atoms with Gasteiger partial charge in [-0.1, -0.05) is 30.7 Å². The lowest BCUT2D eigenvalue weighted by Crippen LogP contribution is -2.31. The molecule has 0 aliphatic heterocycles. The van der Waals surface area contributed by atoms with Gasteiger partial charge in [0.05, 0.1) is 23.2 Å². The summed E-state index contributed by atoms with van der Waals surface area (Å²) in [6.07, 6.45) is 8.80. The van der Waals surface area contributed by atoms with Crippen molar-refractivity contribution in [1.29, 1.82) is 0 Å². The van der Waals surface area contributed by atoms with E-state index in [9.17, 15) is 4.79 Å². The van der Waals surface area contributed by atoms with Crippen molar-refractivity contribution in [1.82, 2.24) is 19.9 Å². The largest absolute Gasteiger partial charge is 0.480 e. The second-order valence-corrected chi connectivity index (χ2v) is 8.22. The van der Waals surface area contributed by atoms with Gasteiger partial charge >= 0.3 is 0 Å². The first kappa shape index (κ1) is 20.3. The summed E-state index contributed by atoms with van der Waals surface area (Å²) in [5, 5.41) is 0.612. The maximum absolute atomic E-state index is 11.0. The summed E-state index contributed by atoms with van der Waals surface area (Å²) in [5.74, 6) is 2.73. The Balaban J connectivity index is 0.000000168. The van der Waals surface area contributed by atoms with Gasteiger partial charge in [0, 0.05) is 18.3 Å². The third-order valence-corrected chi connectivity index (χ3v) is 6.50. The van der Waals surface area contributed by atoms with Gasteiger partial charge < -0.3 is 15.5 Å². The quantitative estimate of drug-likeness (QED) is 0.618. The molecule has 7 nitrogen and oxygen atoms in total. The molecule has 5 rings (SSSR count). The Bertz CT molecular complexity index is 1130. The van der Waals surface area contributed by atoms with Crippen LogP contribution in [0.15, 0.2) is 36.7 Å². The van der Waals surface area contributed by atoms with Gasteiger partial charge in [0.25, 0.3) is 0 Å². The molecule has 30 heavy (non-hydrogen) atoms. The van der Waals surface area contributed by atoms with Gasteiger partial charge in [0.15, 0.2) is 5.65 Å². The molecule has 3 aromatic rings. The predicted molar refractivity (Wildman–Crippen MR) is 116 cm³/mol. The lowest BCUT2D eigenvalue weighted by atomic mass is 9.84. The van der Waals surface area contributed by atoms with E-state index in [2.05, 4.69) is 39.0 Å². The Morgan fingerprint density at radius 3 is 2.70 bits per heavy atom. The Morgan fingerprint density at radius 1 is 1.30 bits per heavy atom. The zero-order valence-electron chi connectivity index (χ0n) is 17.1. The van der Waals surface area contributed by atoms with E-state index in [1.807, 2.05) is 19.1 Å². The van der Waals surface area contributed by atoms with E-state index in [1.54, 1.807) is 19.5 Å². The van der Waals surface area contributed by atoms with Crippen molar-refractivity contribution in [2.75, 3.05) is 7.11 Å². The molecule has 2 aliphatic carbocycles. The Hall–Kier alpha value is -2.93. The van der Waals surface area contributed by atoms with E-state index in [1.165, 1.54) is 0 Å². The number of allylic oxidation sites excluding steroid dienone is 2. The van der Waals surface area contributed by atoms with Gasteiger partial charge in [-0.15, -0.1) is 0 Å². The van der Waals surface area contributed by atoms with Crippen LogP contribution in [-0.2, 0) is 4.79 Å². The van der Waals surface area contributed by atoms with Gasteiger partial charge in [-0.3, -0.25) is 4.79 Å². The number of halogens is 1. The number of hydrogen-bond acceptors (Lipinski definition) is 5. The molecule has 1 fully saturated rings. The monoisotopic (exact) mass is 425 g/mol. The van der Waals surface area contributed by atoms with Crippen LogP contribution in [0.25, 0.3) is 22.6 Å². The van der Waals surface area contributed by atoms with Gasteiger partial charge in [-0.25, -0.2) is 15.0 Å². The number of fused-ring (bicyclic) bond motifs is 3. The molecular weight excluding hydrogens is 402 g/mol. The van der Waals surface area contributed by atoms with E-state index in [0.717, 1.165) is 23.1 Å². The fraction of sp³-hybridized carbons (Fsp3) is 0.364. The number of carbonyl (C=O) groups is 1. The van der Waals surface area contributed by atoms with Crippen LogP contribution < -0.4 is 10.5 Å². The summed E-state index contributed by atoms with van der Waals surface area (Å²) in [5.41, 5.74) is 8.47. The molecule has 2 bridgehead atoms. The first-order valence-electron chi connectivity index (χ1n) is 9.88. The number of amides is 1. The molecule has 4 unspecified atom stereocenters. The lowest BCUT2D eigenvalue weighted by Gasteiger charge is -2.20. The zero-order valence-corrected chi connectivity index (χ0v) is 17.8. The number of carbonyl (C=O) groups excluding carboxylic acids is 1. The fourth-order valence-electron chi connectivity index (χ4n) is 4.45. The average molecular weight is 426 g/mol. The van der Waals surface area contributed by atoms with Gasteiger partial charge in [0.1, 0.15) is 5.82 Å². The standard InChI is InChI=1S/C13H11ClN4O.C9H13NO/c1-7-9(14)6-16-12-10(7)17-11(18-12)8-4-3-5-15-13(8)19-2;1-5-6-2-3-7(4-6)8(5)9(10)11/h3-6H,1-2H3,(H,16,17,18);2-3,5-8H,4H2,1H3,(H2,10,11). The van der Waals surface area contributed by atoms with Crippen LogP contribution in [0.2, 0.25) is 5.02 Å². The van der Waals surface area contributed by atoms with E-state index in [0.29, 0.717) is 40.1 Å². The molecule has 4 atom stereocenters. The number of rotatable bonds is 3. The van der Waals surface area contributed by atoms with E-state index in [-0.39, 0.29) is 11.8 Å². The van der Waals surface area contributed by atoms with Crippen molar-refractivity contribution < 1.29 is 9.53 Å². The highest BCUT2D eigenvalue weighted by Gasteiger charge is 2.44. The number of imidazole rings is 1. The zero-order chi connectivity index (χ0) is 21.4. The molecule has 3 aromatic heterocycles. The number of H-pyrrole nitrogens is 1. The Morgan fingerprint density at radius 2 is 2.07 bits per heavy atom. The number of aromatic amines is 1. The lowest BCUT2D eigenvalue weighted by molar-refractivity contribution is -0.123. The van der Waals surface area contributed by atoms with Crippen LogP contribution in [0.5, 0.6) is 5.88 Å². The number of ether oxygens (including phenoxy) is 1. The molecule has 1 saturated carbocycles. The molecule has 2 aliphatic rings. The minimum atomic E-state index is -0.116. The maximum atomic E-state index is 11.0. The number of aromatic nitrogens is 4. The topological polar surface area (TPSA) is 107 Å². The highest BCUT2D eigenvalue weighted by molar-refractivity contribution is 6.31. The summed E-state index contributed by atoms with van der Waals surface area (Å²) < 4.78 is 5.23. The molecule has 0 aromatic carbocycles. The number of nitrogens with zero attached hydrogens (tertiary/aromatic N) is 3. The van der Waals surface area contributed by atoms with E-state index < -0.39 is 0 Å². The van der Waals surface area contributed by atoms with Crippen LogP contribution >= 0.6 is 11.6 Å². The highest BCUT2D eigenvalue weighted by Crippen LogP contribution is 2.47. The van der Waals surface area contributed by atoms with Crippen molar-refractivity contribution in [3.8, 4) is 17.3 Å². The van der Waals surface area contributed by atoms with Crippen molar-refractivity contribution in [3.63, 3.8) is 0 Å². The van der Waals surface area contributed by atoms with Gasteiger partial charge in [0.2, 0.25) is 11.8 Å². The van der Waals surface area contributed by atoms with Crippen LogP contribution in [0.1, 0.15) is 18.9 Å². The van der Waals surface area contributed by atoms with Crippen molar-refractivity contribution in [3.05, 3.63) is 47.3 Å². The number of aryl methyl sites for hydroxylation is 1. The molecule has 3 heterocycles. The molecular formula is C22H24ClN5O2. The minimum Gasteiger partial charge on any atom is -0.480 e. The van der Waals surface area contributed by atoms with Crippen LogP contribution in [0.4, 0.5) is 0 Å². The highest BCUT2D eigenvalue weighted by atomic mass is 35.5. The number of hydrogen-bond donors (Lipinski definition) is 2. The second kappa shape index (κ2) is 8.07. The number of nitrogens with two attached hydrogens (primary N) is 1. The molecule has 3 N–H and O–H groups in total. The van der Waals surface area contributed by atoms with Crippen molar-refractivity contribution in [2.45, 2.75) is 20.3 Å². The normalized spacial score (nSPS) is 24.0. The molecule has 0 saturated heterocycles. The van der Waals surface area contributed by atoms with Crippen LogP contribution in [0, 0.1) is 30.6 Å². The van der Waals surface area contributed by atoms with Crippen molar-refractivity contribution >= 4 is 28.7 Å². The number of nitrogens with one attached hydrogen (secondary N) is 1. The van der Waals surface area contributed by atoms with Crippen LogP contribution in [0.3, 0.4) is 0 Å². The second-order valence-electron chi connectivity index (χ2n) is 7.81. The molecule has 0 radical (unpaired) electrons. The molecule has 0 spiro atoms. The molecule has 156 valence electrons. The van der Waals surface area contributed by atoms with E-state index >= 15 is 0 Å². The predicted octanol–water partition coefficient (Wildman–Crippen LogP) is 3.92. The molecule has 1 amide bonds. The van der Waals surface area contributed by atoms with Gasteiger partial charge in [-0.05, 0) is 48.8 Å². The van der Waals surface area contributed by atoms with E-state index in [4.69, 9.17) is 22.1 Å².